The fraction of sp³-hybridized carbons (Fsp3) is 0.333. The molecule has 1 N–H and O–H groups in total. The Kier molecular flexibility index (Phi) is 6.89. The second-order valence-electron chi connectivity index (χ2n) is 7.64. The Morgan fingerprint density at radius 1 is 1.23 bits per heavy atom. The van der Waals surface area contributed by atoms with E-state index in [4.69, 9.17) is 21.4 Å². The van der Waals surface area contributed by atoms with Gasteiger partial charge in [0.1, 0.15) is 0 Å². The van der Waals surface area contributed by atoms with Crippen LogP contribution in [0.5, 0.6) is 5.75 Å². The summed E-state index contributed by atoms with van der Waals surface area (Å²) in [5, 5.41) is 3.50. The standard InChI is InChI=1S/C24H25ClN2O4/c25-20-5-1-4-17(24(20)19-7-9-21-18(16-19)11-15-30-31-21)8-10-22(28)26-12-3-14-27-13-2-6-23(27)29/h1,4-5,7-10,16H,2-3,6,11-15H2,(H,26,28)/b10-8+. The first kappa shape index (κ1) is 21.4. The summed E-state index contributed by atoms with van der Waals surface area (Å²) in [6.45, 7) is 2.56. The van der Waals surface area contributed by atoms with Crippen molar-refractivity contribution in [2.45, 2.75) is 25.7 Å². The van der Waals surface area contributed by atoms with Crippen LogP contribution in [0.15, 0.2) is 42.5 Å². The number of nitrogens with one attached hydrogen (secondary N) is 1. The molecule has 0 unspecified atom stereocenters. The lowest BCUT2D eigenvalue weighted by Gasteiger charge is -2.17. The Labute approximate surface area is 186 Å². The van der Waals surface area contributed by atoms with Crippen LogP contribution in [0.4, 0.5) is 0 Å². The smallest absolute Gasteiger partial charge is 0.244 e. The van der Waals surface area contributed by atoms with E-state index in [0.29, 0.717) is 36.9 Å². The van der Waals surface area contributed by atoms with Crippen LogP contribution in [0.25, 0.3) is 17.2 Å². The molecular formula is C24H25ClN2O4. The average molecular weight is 441 g/mol. The van der Waals surface area contributed by atoms with Crippen molar-refractivity contribution in [2.75, 3.05) is 26.2 Å². The fourth-order valence-corrected chi connectivity index (χ4v) is 4.19. The molecular weight excluding hydrogens is 416 g/mol. The zero-order chi connectivity index (χ0) is 21.6. The van der Waals surface area contributed by atoms with Gasteiger partial charge in [-0.15, -0.1) is 0 Å². The lowest BCUT2D eigenvalue weighted by molar-refractivity contribution is -0.215. The highest BCUT2D eigenvalue weighted by Gasteiger charge is 2.19. The number of hydrogen-bond donors (Lipinski definition) is 1. The summed E-state index contributed by atoms with van der Waals surface area (Å²) in [6.07, 6.45) is 6.38. The van der Waals surface area contributed by atoms with Gasteiger partial charge in [-0.1, -0.05) is 29.8 Å². The second-order valence-corrected chi connectivity index (χ2v) is 8.05. The molecule has 1 fully saturated rings. The zero-order valence-electron chi connectivity index (χ0n) is 17.2. The third-order valence-corrected chi connectivity index (χ3v) is 5.80. The van der Waals surface area contributed by atoms with E-state index in [1.165, 1.54) is 6.08 Å². The van der Waals surface area contributed by atoms with E-state index < -0.39 is 0 Å². The summed E-state index contributed by atoms with van der Waals surface area (Å²) in [5.74, 6) is 0.754. The van der Waals surface area contributed by atoms with Crippen LogP contribution in [0.2, 0.25) is 5.02 Å². The summed E-state index contributed by atoms with van der Waals surface area (Å²) < 4.78 is 0. The van der Waals surface area contributed by atoms with Gasteiger partial charge in [0.05, 0.1) is 6.61 Å². The van der Waals surface area contributed by atoms with Gasteiger partial charge in [0.25, 0.3) is 0 Å². The number of nitrogens with zero attached hydrogens (tertiary/aromatic N) is 1. The van der Waals surface area contributed by atoms with Crippen LogP contribution in [0, 0.1) is 0 Å². The molecule has 0 aromatic heterocycles. The van der Waals surface area contributed by atoms with Crippen LogP contribution in [0.3, 0.4) is 0 Å². The van der Waals surface area contributed by atoms with Crippen molar-refractivity contribution in [3.63, 3.8) is 0 Å². The number of carbonyl (C=O) groups excluding carboxylic acids is 2. The quantitative estimate of drug-likeness (QED) is 0.401. The maximum absolute atomic E-state index is 12.3. The first-order chi connectivity index (χ1) is 15.1. The number of halogens is 1. The highest BCUT2D eigenvalue weighted by Crippen LogP contribution is 2.35. The number of benzene rings is 2. The Morgan fingerprint density at radius 2 is 2.13 bits per heavy atom. The van der Waals surface area contributed by atoms with Crippen molar-refractivity contribution in [3.05, 3.63) is 58.6 Å². The van der Waals surface area contributed by atoms with Gasteiger partial charge >= 0.3 is 0 Å². The number of rotatable bonds is 7. The molecule has 0 radical (unpaired) electrons. The van der Waals surface area contributed by atoms with Gasteiger partial charge in [0.2, 0.25) is 11.8 Å². The third-order valence-electron chi connectivity index (χ3n) is 5.49. The lowest BCUT2D eigenvalue weighted by atomic mass is 9.96. The molecule has 2 aliphatic rings. The largest absolute Gasteiger partial charge is 0.352 e. The fourth-order valence-electron chi connectivity index (χ4n) is 3.90. The van der Waals surface area contributed by atoms with Gasteiger partial charge in [-0.05, 0) is 48.2 Å². The highest BCUT2D eigenvalue weighted by molar-refractivity contribution is 6.33. The van der Waals surface area contributed by atoms with Crippen molar-refractivity contribution in [2.24, 2.45) is 0 Å². The van der Waals surface area contributed by atoms with E-state index in [1.807, 2.05) is 35.2 Å². The van der Waals surface area contributed by atoms with Crippen molar-refractivity contribution in [1.29, 1.82) is 0 Å². The maximum Gasteiger partial charge on any atom is 0.244 e. The van der Waals surface area contributed by atoms with Crippen molar-refractivity contribution in [3.8, 4) is 16.9 Å². The molecule has 0 spiro atoms. The molecule has 0 bridgehead atoms. The predicted octanol–water partition coefficient (Wildman–Crippen LogP) is 4.02. The molecule has 2 aliphatic heterocycles. The maximum atomic E-state index is 12.3. The molecule has 0 aliphatic carbocycles. The summed E-state index contributed by atoms with van der Waals surface area (Å²) in [7, 11) is 0. The van der Waals surface area contributed by atoms with Gasteiger partial charge in [0, 0.05) is 54.7 Å². The van der Waals surface area contributed by atoms with Crippen LogP contribution in [0.1, 0.15) is 30.4 Å². The molecule has 4 rings (SSSR count). The van der Waals surface area contributed by atoms with E-state index in [2.05, 4.69) is 11.4 Å². The van der Waals surface area contributed by atoms with Crippen molar-refractivity contribution in [1.82, 2.24) is 10.2 Å². The number of amides is 2. The molecule has 2 heterocycles. The number of likely N-dealkylation sites (tertiary alicyclic amines) is 1. The summed E-state index contributed by atoms with van der Waals surface area (Å²) in [6, 6.07) is 11.5. The minimum Gasteiger partial charge on any atom is -0.352 e. The molecule has 0 atom stereocenters. The van der Waals surface area contributed by atoms with E-state index in [1.54, 1.807) is 6.08 Å². The van der Waals surface area contributed by atoms with Gasteiger partial charge < -0.3 is 15.1 Å². The predicted molar refractivity (Wildman–Crippen MR) is 120 cm³/mol. The molecule has 6 nitrogen and oxygen atoms in total. The van der Waals surface area contributed by atoms with Gasteiger partial charge in [-0.2, -0.15) is 4.89 Å². The summed E-state index contributed by atoms with van der Waals surface area (Å²) in [4.78, 5) is 36.0. The van der Waals surface area contributed by atoms with E-state index in [9.17, 15) is 9.59 Å². The van der Waals surface area contributed by atoms with E-state index in [0.717, 1.165) is 48.1 Å². The average Bonchev–Trinajstić information content (AvgIpc) is 3.19. The Bertz CT molecular complexity index is 1010. The van der Waals surface area contributed by atoms with E-state index in [-0.39, 0.29) is 11.8 Å². The van der Waals surface area contributed by atoms with E-state index >= 15 is 0 Å². The lowest BCUT2D eigenvalue weighted by Crippen LogP contribution is -2.29. The molecule has 2 amide bonds. The molecule has 2 aromatic carbocycles. The summed E-state index contributed by atoms with van der Waals surface area (Å²) >= 11 is 6.52. The third kappa shape index (κ3) is 5.27. The first-order valence-corrected chi connectivity index (χ1v) is 10.9. The summed E-state index contributed by atoms with van der Waals surface area (Å²) in [5.41, 5.74) is 3.76. The Morgan fingerprint density at radius 3 is 2.97 bits per heavy atom. The molecule has 31 heavy (non-hydrogen) atoms. The van der Waals surface area contributed by atoms with Crippen LogP contribution < -0.4 is 10.2 Å². The Hall–Kier alpha value is -2.83. The van der Waals surface area contributed by atoms with Crippen LogP contribution in [-0.4, -0.2) is 43.0 Å². The molecule has 7 heteroatoms. The topological polar surface area (TPSA) is 67.9 Å². The normalized spacial score (nSPS) is 15.8. The van der Waals surface area contributed by atoms with Gasteiger partial charge in [-0.25, -0.2) is 0 Å². The minimum absolute atomic E-state index is 0.172. The second kappa shape index (κ2) is 9.98. The van der Waals surface area contributed by atoms with Gasteiger partial charge in [0.15, 0.2) is 5.75 Å². The van der Waals surface area contributed by atoms with Crippen molar-refractivity contribution >= 4 is 29.5 Å². The van der Waals surface area contributed by atoms with Crippen LogP contribution >= 0.6 is 11.6 Å². The SMILES string of the molecule is O=C(/C=C/c1cccc(Cl)c1-c1ccc2c(c1)CCOO2)NCCCN1CCCC1=O. The zero-order valence-corrected chi connectivity index (χ0v) is 18.0. The van der Waals surface area contributed by atoms with Crippen LogP contribution in [-0.2, 0) is 20.9 Å². The highest BCUT2D eigenvalue weighted by atomic mass is 35.5. The Balaban J connectivity index is 1.40. The molecule has 1 saturated heterocycles. The number of carbonyl (C=O) groups is 2. The minimum atomic E-state index is -0.172. The molecule has 0 saturated carbocycles. The molecule has 162 valence electrons. The number of fused-ring (bicyclic) bond motifs is 1. The van der Waals surface area contributed by atoms with Gasteiger partial charge in [-0.3, -0.25) is 9.59 Å². The molecule has 2 aromatic rings. The monoisotopic (exact) mass is 440 g/mol. The van der Waals surface area contributed by atoms with Crippen molar-refractivity contribution < 1.29 is 19.4 Å². The number of hydrogen-bond acceptors (Lipinski definition) is 4. The first-order valence-electron chi connectivity index (χ1n) is 10.6.